The van der Waals surface area contributed by atoms with Gasteiger partial charge in [-0.1, -0.05) is 0 Å². The van der Waals surface area contributed by atoms with Crippen LogP contribution in [0.2, 0.25) is 0 Å². The number of pyridine rings is 1. The molecule has 2 N–H and O–H groups in total. The topological polar surface area (TPSA) is 105 Å². The normalized spacial score (nSPS) is 16.1. The van der Waals surface area contributed by atoms with E-state index in [9.17, 15) is 14.9 Å². The number of nitrogens with zero attached hydrogens (tertiary/aromatic N) is 2. The van der Waals surface area contributed by atoms with Gasteiger partial charge in [0.15, 0.2) is 0 Å². The zero-order valence-corrected chi connectivity index (χ0v) is 10.8. The first kappa shape index (κ1) is 12.7. The van der Waals surface area contributed by atoms with Crippen molar-refractivity contribution in [2.75, 3.05) is 11.9 Å². The molecule has 0 radical (unpaired) electrons. The van der Waals surface area contributed by atoms with E-state index in [2.05, 4.69) is 26.2 Å². The van der Waals surface area contributed by atoms with Gasteiger partial charge in [0.25, 0.3) is 0 Å². The SMILES string of the molecule is O=C(O)C1(CNc2c(Br)cncc2[N+](=O)[O-])CC1. The molecule has 1 fully saturated rings. The minimum Gasteiger partial charge on any atom is -0.481 e. The number of anilines is 1. The van der Waals surface area contributed by atoms with Crippen molar-refractivity contribution in [1.82, 2.24) is 4.98 Å². The number of carboxylic acids is 1. The second-order valence-corrected chi connectivity index (χ2v) is 5.07. The van der Waals surface area contributed by atoms with Gasteiger partial charge in [0.05, 0.1) is 14.8 Å². The number of carbonyl (C=O) groups is 1. The Bertz CT molecular complexity index is 516. The Kier molecular flexibility index (Phi) is 3.20. The molecule has 96 valence electrons. The molecule has 2 rings (SSSR count). The lowest BCUT2D eigenvalue weighted by atomic mass is 10.1. The van der Waals surface area contributed by atoms with Crippen LogP contribution in [-0.4, -0.2) is 27.5 Å². The summed E-state index contributed by atoms with van der Waals surface area (Å²) in [6, 6.07) is 0. The molecule has 1 saturated carbocycles. The molecule has 1 aliphatic rings. The molecule has 0 aromatic carbocycles. The van der Waals surface area contributed by atoms with Crippen molar-refractivity contribution in [2.24, 2.45) is 5.41 Å². The van der Waals surface area contributed by atoms with Crippen molar-refractivity contribution in [1.29, 1.82) is 0 Å². The molecule has 0 aliphatic heterocycles. The highest BCUT2D eigenvalue weighted by Crippen LogP contribution is 2.46. The van der Waals surface area contributed by atoms with E-state index >= 15 is 0 Å². The maximum Gasteiger partial charge on any atom is 0.311 e. The van der Waals surface area contributed by atoms with Crippen molar-refractivity contribution < 1.29 is 14.8 Å². The molecular weight excluding hydrogens is 306 g/mol. The predicted octanol–water partition coefficient (Wildman–Crippen LogP) is 2.03. The highest BCUT2D eigenvalue weighted by atomic mass is 79.9. The Balaban J connectivity index is 2.19. The van der Waals surface area contributed by atoms with Gasteiger partial charge < -0.3 is 10.4 Å². The van der Waals surface area contributed by atoms with Crippen molar-refractivity contribution in [2.45, 2.75) is 12.8 Å². The van der Waals surface area contributed by atoms with Gasteiger partial charge in [-0.25, -0.2) is 0 Å². The molecule has 0 amide bonds. The molecule has 0 unspecified atom stereocenters. The van der Waals surface area contributed by atoms with E-state index in [-0.39, 0.29) is 17.9 Å². The Hall–Kier alpha value is -1.70. The van der Waals surface area contributed by atoms with Crippen LogP contribution in [0.3, 0.4) is 0 Å². The third kappa shape index (κ3) is 2.28. The number of nitrogens with one attached hydrogen (secondary N) is 1. The molecule has 1 aromatic rings. The van der Waals surface area contributed by atoms with Crippen LogP contribution in [0.4, 0.5) is 11.4 Å². The molecule has 1 heterocycles. The number of carboxylic acid groups (broad SMARTS) is 1. The minimum absolute atomic E-state index is 0.172. The second-order valence-electron chi connectivity index (χ2n) is 4.21. The number of rotatable bonds is 5. The molecule has 0 bridgehead atoms. The van der Waals surface area contributed by atoms with Crippen LogP contribution in [-0.2, 0) is 4.79 Å². The van der Waals surface area contributed by atoms with E-state index in [1.165, 1.54) is 6.20 Å². The Morgan fingerprint density at radius 3 is 2.78 bits per heavy atom. The summed E-state index contributed by atoms with van der Waals surface area (Å²) in [5.41, 5.74) is -0.690. The Labute approximate surface area is 110 Å². The van der Waals surface area contributed by atoms with Crippen LogP contribution < -0.4 is 5.32 Å². The maximum atomic E-state index is 11.0. The van der Waals surface area contributed by atoms with Crippen LogP contribution in [0.25, 0.3) is 0 Å². The highest BCUT2D eigenvalue weighted by Gasteiger charge is 2.50. The molecule has 18 heavy (non-hydrogen) atoms. The Morgan fingerprint density at radius 1 is 1.61 bits per heavy atom. The average Bonchev–Trinajstić information content (AvgIpc) is 3.08. The van der Waals surface area contributed by atoms with Gasteiger partial charge in [-0.3, -0.25) is 19.9 Å². The molecule has 1 aliphatic carbocycles. The average molecular weight is 316 g/mol. The standard InChI is InChI=1S/C10H10BrN3O4/c11-6-3-12-4-7(14(17)18)8(6)13-5-10(1-2-10)9(15)16/h3-4H,1-2,5H2,(H,12,13)(H,15,16). The smallest absolute Gasteiger partial charge is 0.311 e. The first-order valence-corrected chi connectivity index (χ1v) is 6.01. The lowest BCUT2D eigenvalue weighted by Gasteiger charge is -2.13. The molecular formula is C10H10BrN3O4. The van der Waals surface area contributed by atoms with E-state index in [0.717, 1.165) is 6.20 Å². The van der Waals surface area contributed by atoms with Gasteiger partial charge in [-0.05, 0) is 28.8 Å². The van der Waals surface area contributed by atoms with Gasteiger partial charge in [0, 0.05) is 12.7 Å². The van der Waals surface area contributed by atoms with E-state index in [1.807, 2.05) is 0 Å². The largest absolute Gasteiger partial charge is 0.481 e. The quantitative estimate of drug-likeness (QED) is 0.636. The number of halogens is 1. The number of aromatic nitrogens is 1. The first-order chi connectivity index (χ1) is 8.46. The summed E-state index contributed by atoms with van der Waals surface area (Å²) in [6.45, 7) is 0.172. The van der Waals surface area contributed by atoms with Crippen molar-refractivity contribution >= 4 is 33.3 Å². The van der Waals surface area contributed by atoms with Crippen LogP contribution in [0.15, 0.2) is 16.9 Å². The second kappa shape index (κ2) is 4.52. The molecule has 0 atom stereocenters. The lowest BCUT2D eigenvalue weighted by molar-refractivity contribution is -0.384. The number of hydrogen-bond acceptors (Lipinski definition) is 5. The van der Waals surface area contributed by atoms with Gasteiger partial charge in [-0.15, -0.1) is 0 Å². The highest BCUT2D eigenvalue weighted by molar-refractivity contribution is 9.10. The molecule has 8 heteroatoms. The number of nitro groups is 1. The number of hydrogen-bond donors (Lipinski definition) is 2. The van der Waals surface area contributed by atoms with E-state index in [4.69, 9.17) is 5.11 Å². The Morgan fingerprint density at radius 2 is 2.28 bits per heavy atom. The molecule has 1 aromatic heterocycles. The predicted molar refractivity (Wildman–Crippen MR) is 66.4 cm³/mol. The van der Waals surface area contributed by atoms with Crippen molar-refractivity contribution in [3.63, 3.8) is 0 Å². The van der Waals surface area contributed by atoms with Gasteiger partial charge in [-0.2, -0.15) is 0 Å². The van der Waals surface area contributed by atoms with Gasteiger partial charge in [0.2, 0.25) is 0 Å². The minimum atomic E-state index is -0.872. The summed E-state index contributed by atoms with van der Waals surface area (Å²) in [7, 11) is 0. The van der Waals surface area contributed by atoms with Crippen LogP contribution in [0, 0.1) is 15.5 Å². The van der Waals surface area contributed by atoms with Crippen molar-refractivity contribution in [3.05, 3.63) is 27.0 Å². The summed E-state index contributed by atoms with van der Waals surface area (Å²) >= 11 is 3.16. The fraction of sp³-hybridized carbons (Fsp3) is 0.400. The molecule has 0 saturated heterocycles. The van der Waals surface area contributed by atoms with E-state index in [0.29, 0.717) is 17.3 Å². The summed E-state index contributed by atoms with van der Waals surface area (Å²) in [6.07, 6.45) is 3.74. The third-order valence-corrected chi connectivity index (χ3v) is 3.59. The van der Waals surface area contributed by atoms with Crippen LogP contribution in [0.1, 0.15) is 12.8 Å². The zero-order valence-electron chi connectivity index (χ0n) is 9.22. The van der Waals surface area contributed by atoms with Gasteiger partial charge >= 0.3 is 11.7 Å². The summed E-state index contributed by atoms with van der Waals surface area (Å²) in [5, 5.41) is 22.7. The monoisotopic (exact) mass is 315 g/mol. The van der Waals surface area contributed by atoms with Crippen LogP contribution >= 0.6 is 15.9 Å². The first-order valence-electron chi connectivity index (χ1n) is 5.21. The fourth-order valence-electron chi connectivity index (χ4n) is 1.61. The van der Waals surface area contributed by atoms with Crippen molar-refractivity contribution in [3.8, 4) is 0 Å². The summed E-state index contributed by atoms with van der Waals surface area (Å²) in [5.74, 6) is -0.872. The van der Waals surface area contributed by atoms with E-state index in [1.54, 1.807) is 0 Å². The molecule has 0 spiro atoms. The van der Waals surface area contributed by atoms with E-state index < -0.39 is 16.3 Å². The van der Waals surface area contributed by atoms with Gasteiger partial charge in [0.1, 0.15) is 11.9 Å². The third-order valence-electron chi connectivity index (χ3n) is 2.99. The zero-order chi connectivity index (χ0) is 13.3. The number of aliphatic carboxylic acids is 1. The summed E-state index contributed by atoms with van der Waals surface area (Å²) in [4.78, 5) is 25.0. The summed E-state index contributed by atoms with van der Waals surface area (Å²) < 4.78 is 0.442. The van der Waals surface area contributed by atoms with Crippen LogP contribution in [0.5, 0.6) is 0 Å². The molecule has 7 nitrogen and oxygen atoms in total. The fourth-order valence-corrected chi connectivity index (χ4v) is 2.07. The maximum absolute atomic E-state index is 11.0. The lowest BCUT2D eigenvalue weighted by Crippen LogP contribution is -2.24.